The molecule has 2 aromatic rings. The number of amides is 1. The third-order valence-electron chi connectivity index (χ3n) is 4.88. The summed E-state index contributed by atoms with van der Waals surface area (Å²) in [5, 5.41) is 4.68. The zero-order valence-corrected chi connectivity index (χ0v) is 20.5. The summed E-state index contributed by atoms with van der Waals surface area (Å²) in [6.07, 6.45) is 4.48. The molecule has 0 spiro atoms. The van der Waals surface area contributed by atoms with Crippen LogP contribution in [0.3, 0.4) is 0 Å². The number of rotatable bonds is 11. The van der Waals surface area contributed by atoms with Gasteiger partial charge in [0.05, 0.1) is 13.2 Å². The molecule has 0 saturated carbocycles. The maximum absolute atomic E-state index is 13.3. The molecule has 0 saturated heterocycles. The van der Waals surface area contributed by atoms with E-state index in [1.54, 1.807) is 26.8 Å². The molecular weight excluding hydrogens is 438 g/mol. The second-order valence-corrected chi connectivity index (χ2v) is 9.85. The number of carbonyl (C=O) groups is 3. The number of ketones is 1. The number of methoxy groups -OCH3 is 1. The average Bonchev–Trinajstić information content (AvgIpc) is 3.27. The Balaban J connectivity index is 2.13. The summed E-state index contributed by atoms with van der Waals surface area (Å²) in [4.78, 5) is 38.3. The number of hydrogen-bond donors (Lipinski definition) is 1. The molecule has 0 aliphatic carbocycles. The van der Waals surface area contributed by atoms with E-state index in [-0.39, 0.29) is 18.1 Å². The number of nitrogens with one attached hydrogen (secondary N) is 1. The van der Waals surface area contributed by atoms with Crippen LogP contribution in [0.15, 0.2) is 60.0 Å². The fourth-order valence-corrected chi connectivity index (χ4v) is 4.02. The third-order valence-corrected chi connectivity index (χ3v) is 5.78. The molecular formula is C26H33NO5S. The van der Waals surface area contributed by atoms with Gasteiger partial charge in [-0.3, -0.25) is 4.79 Å². The number of thiophene rings is 1. The van der Waals surface area contributed by atoms with Crippen molar-refractivity contribution in [3.8, 4) is 0 Å². The minimum atomic E-state index is -0.718. The Morgan fingerprint density at radius 3 is 2.42 bits per heavy atom. The number of alkyl carbamates (subject to hydrolysis) is 1. The summed E-state index contributed by atoms with van der Waals surface area (Å²) in [7, 11) is 1.32. The van der Waals surface area contributed by atoms with Gasteiger partial charge in [0, 0.05) is 23.8 Å². The topological polar surface area (TPSA) is 81.7 Å². The Kier molecular flexibility index (Phi) is 10.3. The minimum absolute atomic E-state index is 0.109. The van der Waals surface area contributed by atoms with Gasteiger partial charge in [0.15, 0.2) is 5.78 Å². The van der Waals surface area contributed by atoms with Crippen LogP contribution in [0.25, 0.3) is 0 Å². The maximum Gasteiger partial charge on any atom is 0.408 e. The molecule has 0 radical (unpaired) electrons. The number of ether oxygens (including phenoxy) is 2. The molecule has 1 amide bonds. The van der Waals surface area contributed by atoms with Gasteiger partial charge in [-0.25, -0.2) is 9.59 Å². The van der Waals surface area contributed by atoms with Gasteiger partial charge in [0.2, 0.25) is 0 Å². The van der Waals surface area contributed by atoms with Gasteiger partial charge in [-0.05, 0) is 56.5 Å². The molecule has 0 unspecified atom stereocenters. The van der Waals surface area contributed by atoms with Crippen LogP contribution in [0.5, 0.6) is 0 Å². The number of Topliss-reactive ketones (excluding diaryl/α,β-unsaturated/α-hetero) is 1. The van der Waals surface area contributed by atoms with E-state index in [1.165, 1.54) is 24.5 Å². The van der Waals surface area contributed by atoms with E-state index >= 15 is 0 Å². The van der Waals surface area contributed by atoms with E-state index < -0.39 is 23.7 Å². The number of benzene rings is 1. The Morgan fingerprint density at radius 1 is 1.09 bits per heavy atom. The first kappa shape index (κ1) is 26.3. The van der Waals surface area contributed by atoms with Gasteiger partial charge in [-0.2, -0.15) is 0 Å². The first-order valence-corrected chi connectivity index (χ1v) is 11.9. The normalized spacial score (nSPS) is 13.3. The third kappa shape index (κ3) is 10.5. The molecule has 7 heteroatoms. The summed E-state index contributed by atoms with van der Waals surface area (Å²) in [6.45, 7) is 5.33. The Hall–Kier alpha value is -2.93. The van der Waals surface area contributed by atoms with Crippen molar-refractivity contribution < 1.29 is 23.9 Å². The van der Waals surface area contributed by atoms with Crippen LogP contribution in [0, 0.1) is 5.92 Å². The molecule has 2 atom stereocenters. The van der Waals surface area contributed by atoms with Crippen molar-refractivity contribution in [2.75, 3.05) is 7.11 Å². The lowest BCUT2D eigenvalue weighted by atomic mass is 9.91. The van der Waals surface area contributed by atoms with Gasteiger partial charge >= 0.3 is 12.1 Å². The number of aryl methyl sites for hydroxylation is 1. The van der Waals surface area contributed by atoms with Crippen LogP contribution in [0.4, 0.5) is 4.79 Å². The molecule has 6 nitrogen and oxygen atoms in total. The standard InChI is InChI=1S/C26H33NO5S/c1-26(2,3)32-25(30)27-22(18-21-11-8-16-33-21)23(28)17-20(14-15-24(29)31-4)13-12-19-9-6-5-7-10-19/h5-11,14-16,20,22H,12-13,17-18H2,1-4H3,(H,27,30)/b15-14+/t20-,22-/m0/s1. The lowest BCUT2D eigenvalue weighted by molar-refractivity contribution is -0.135. The smallest absolute Gasteiger partial charge is 0.408 e. The molecule has 1 heterocycles. The molecule has 178 valence electrons. The highest BCUT2D eigenvalue weighted by Crippen LogP contribution is 2.19. The molecule has 0 bridgehead atoms. The van der Waals surface area contributed by atoms with Gasteiger partial charge in [0.1, 0.15) is 5.60 Å². The Bertz CT molecular complexity index is 916. The summed E-state index contributed by atoms with van der Waals surface area (Å²) in [5.41, 5.74) is 0.491. The number of carbonyl (C=O) groups excluding carboxylic acids is 3. The molecule has 1 aromatic heterocycles. The summed E-state index contributed by atoms with van der Waals surface area (Å²) in [6, 6.07) is 13.1. The van der Waals surface area contributed by atoms with Crippen molar-refractivity contribution in [3.63, 3.8) is 0 Å². The highest BCUT2D eigenvalue weighted by Gasteiger charge is 2.26. The van der Waals surface area contributed by atoms with E-state index in [0.29, 0.717) is 12.8 Å². The Morgan fingerprint density at radius 2 is 1.82 bits per heavy atom. The van der Waals surface area contributed by atoms with Gasteiger partial charge in [-0.15, -0.1) is 11.3 Å². The predicted molar refractivity (Wildman–Crippen MR) is 130 cm³/mol. The van der Waals surface area contributed by atoms with E-state index in [2.05, 4.69) is 5.32 Å². The molecule has 1 N–H and O–H groups in total. The zero-order valence-electron chi connectivity index (χ0n) is 19.7. The zero-order chi connectivity index (χ0) is 24.3. The van der Waals surface area contributed by atoms with E-state index in [0.717, 1.165) is 16.9 Å². The van der Waals surface area contributed by atoms with Gasteiger partial charge in [-0.1, -0.05) is 42.5 Å². The highest BCUT2D eigenvalue weighted by atomic mass is 32.1. The largest absolute Gasteiger partial charge is 0.466 e. The molecule has 0 aliphatic heterocycles. The summed E-state index contributed by atoms with van der Waals surface area (Å²) < 4.78 is 10.1. The first-order valence-electron chi connectivity index (χ1n) is 11.0. The first-order chi connectivity index (χ1) is 15.7. The molecule has 2 rings (SSSR count). The number of hydrogen-bond acceptors (Lipinski definition) is 6. The van der Waals surface area contributed by atoms with Crippen LogP contribution >= 0.6 is 11.3 Å². The second-order valence-electron chi connectivity index (χ2n) is 8.82. The van der Waals surface area contributed by atoms with E-state index in [9.17, 15) is 14.4 Å². The van der Waals surface area contributed by atoms with Crippen LogP contribution in [0.1, 0.15) is 44.1 Å². The van der Waals surface area contributed by atoms with Crippen molar-refractivity contribution in [1.29, 1.82) is 0 Å². The highest BCUT2D eigenvalue weighted by molar-refractivity contribution is 7.09. The van der Waals surface area contributed by atoms with Gasteiger partial charge < -0.3 is 14.8 Å². The second kappa shape index (κ2) is 12.9. The molecule has 33 heavy (non-hydrogen) atoms. The fraction of sp³-hybridized carbons (Fsp3) is 0.423. The van der Waals surface area contributed by atoms with Crippen molar-refractivity contribution >= 4 is 29.2 Å². The minimum Gasteiger partial charge on any atom is -0.466 e. The SMILES string of the molecule is COC(=O)/C=C/[C@H](CCc1ccccc1)CC(=O)[C@H](Cc1cccs1)NC(=O)OC(C)(C)C. The van der Waals surface area contributed by atoms with Crippen molar-refractivity contribution in [3.05, 3.63) is 70.4 Å². The number of allylic oxidation sites excluding steroid dienone is 1. The van der Waals surface area contributed by atoms with Crippen molar-refractivity contribution in [2.24, 2.45) is 5.92 Å². The Labute approximate surface area is 200 Å². The monoisotopic (exact) mass is 471 g/mol. The van der Waals surface area contributed by atoms with E-state index in [1.807, 2.05) is 47.8 Å². The van der Waals surface area contributed by atoms with Crippen molar-refractivity contribution in [2.45, 2.75) is 58.1 Å². The summed E-state index contributed by atoms with van der Waals surface area (Å²) in [5.74, 6) is -0.751. The fourth-order valence-electron chi connectivity index (χ4n) is 3.27. The number of esters is 1. The van der Waals surface area contributed by atoms with Crippen LogP contribution in [-0.4, -0.2) is 36.6 Å². The van der Waals surface area contributed by atoms with Crippen LogP contribution < -0.4 is 5.32 Å². The maximum atomic E-state index is 13.3. The molecule has 1 aromatic carbocycles. The molecule has 0 fully saturated rings. The van der Waals surface area contributed by atoms with Gasteiger partial charge in [0.25, 0.3) is 0 Å². The van der Waals surface area contributed by atoms with Crippen molar-refractivity contribution in [1.82, 2.24) is 5.32 Å². The lowest BCUT2D eigenvalue weighted by Crippen LogP contribution is -2.45. The van der Waals surface area contributed by atoms with Crippen LogP contribution in [0.2, 0.25) is 0 Å². The predicted octanol–water partition coefficient (Wildman–Crippen LogP) is 5.12. The van der Waals surface area contributed by atoms with Crippen LogP contribution in [-0.2, 0) is 31.9 Å². The summed E-state index contributed by atoms with van der Waals surface area (Å²) >= 11 is 1.53. The average molecular weight is 472 g/mol. The van der Waals surface area contributed by atoms with E-state index in [4.69, 9.17) is 9.47 Å². The molecule has 0 aliphatic rings. The quantitative estimate of drug-likeness (QED) is 0.363. The lowest BCUT2D eigenvalue weighted by Gasteiger charge is -2.24.